The maximum absolute atomic E-state index is 15.4. The normalized spacial score (nSPS) is 17.4. The van der Waals surface area contributed by atoms with Gasteiger partial charge in [0.25, 0.3) is 0 Å². The number of hydrogen-bond donors (Lipinski definition) is 2. The van der Waals surface area contributed by atoms with E-state index in [-0.39, 0.29) is 35.9 Å². The van der Waals surface area contributed by atoms with Crippen molar-refractivity contribution in [3.8, 4) is 0 Å². The minimum absolute atomic E-state index is 0.205. The fourth-order valence-corrected chi connectivity index (χ4v) is 6.18. The van der Waals surface area contributed by atoms with Crippen molar-refractivity contribution in [2.75, 3.05) is 32.5 Å². The number of rotatable bonds is 13. The highest BCUT2D eigenvalue weighted by molar-refractivity contribution is 6.41. The van der Waals surface area contributed by atoms with Gasteiger partial charge in [-0.3, -0.25) is 19.4 Å². The number of amides is 1. The fraction of sp³-hybridized carbons (Fsp3) is 0.516. The van der Waals surface area contributed by atoms with E-state index in [9.17, 15) is 14.4 Å². The quantitative estimate of drug-likeness (QED) is 0.278. The van der Waals surface area contributed by atoms with E-state index in [4.69, 9.17) is 4.74 Å². The number of carbonyl (C=O) groups is 3. The van der Waals surface area contributed by atoms with Gasteiger partial charge in [-0.1, -0.05) is 24.3 Å². The molecule has 0 bridgehead atoms. The van der Waals surface area contributed by atoms with Gasteiger partial charge >= 0.3 is 0 Å². The molecule has 3 rings (SSSR count). The molecule has 1 fully saturated rings. The summed E-state index contributed by atoms with van der Waals surface area (Å²) in [4.78, 5) is 39.8. The molecule has 42 heavy (non-hydrogen) atoms. The summed E-state index contributed by atoms with van der Waals surface area (Å²) < 4.78 is 21.6. The second-order valence-electron chi connectivity index (χ2n) is 13.1. The Kier molecular flexibility index (Phi) is 10.8. The van der Waals surface area contributed by atoms with Crippen LogP contribution in [0.15, 0.2) is 36.4 Å². The molecule has 0 radical (unpaired) electrons. The number of likely N-dealkylation sites (N-methyl/N-ethyl adjacent to an activating group) is 2. The van der Waals surface area contributed by atoms with Crippen LogP contribution in [0, 0.1) is 5.82 Å². The van der Waals surface area contributed by atoms with Crippen molar-refractivity contribution in [1.82, 2.24) is 15.1 Å². The largest absolute Gasteiger partial charge is 0.391 e. The molecule has 1 amide bonds. The molecule has 0 saturated carbocycles. The van der Waals surface area contributed by atoms with Crippen molar-refractivity contribution in [3.05, 3.63) is 64.5 Å². The predicted molar refractivity (Wildman–Crippen MR) is 170 cm³/mol. The molecule has 1 aliphatic heterocycles. The van der Waals surface area contributed by atoms with Gasteiger partial charge in [0.15, 0.2) is 0 Å². The molecule has 1 saturated heterocycles. The number of benzene rings is 2. The summed E-state index contributed by atoms with van der Waals surface area (Å²) in [6.07, 6.45) is 2.17. The van der Waals surface area contributed by atoms with Crippen molar-refractivity contribution in [1.29, 1.82) is 0 Å². The molecule has 1 aliphatic rings. The lowest BCUT2D eigenvalue weighted by Crippen LogP contribution is -2.56. The lowest BCUT2D eigenvalue weighted by atomic mass is 9.57. The zero-order chi connectivity index (χ0) is 31.3. The summed E-state index contributed by atoms with van der Waals surface area (Å²) in [7, 11) is 7.17. The van der Waals surface area contributed by atoms with Gasteiger partial charge in [0.2, 0.25) is 5.91 Å². The highest BCUT2D eigenvalue weighted by Gasteiger charge is 2.38. The number of nitrogens with zero attached hydrogens (tertiary/aromatic N) is 2. The van der Waals surface area contributed by atoms with Crippen LogP contribution in [0.4, 0.5) is 10.1 Å². The standard InChI is InChI=1S/C31H45B2FN4O4/c1-29(2)19-38(20-30(3,4)42-29)16-21-12-13-25(34)24(15-21)31(32,33)36-26-10-7-9-22(18-40)23(26)17-37(6)27(11-8-14-39)28(41)35-5/h7,9-10,12-15,18,27,36H,8,11,16-17,19-20,32-33H2,1-6H3,(H,35,41). The average molecular weight is 578 g/mol. The molecular weight excluding hydrogens is 533 g/mol. The fourth-order valence-electron chi connectivity index (χ4n) is 6.18. The van der Waals surface area contributed by atoms with Crippen LogP contribution < -0.4 is 10.6 Å². The van der Waals surface area contributed by atoms with Crippen molar-refractivity contribution >= 4 is 39.9 Å². The molecule has 1 heterocycles. The Morgan fingerprint density at radius 2 is 1.83 bits per heavy atom. The number of morpholine rings is 1. The number of ether oxygens (including phenoxy) is 1. The third-order valence-corrected chi connectivity index (χ3v) is 7.70. The van der Waals surface area contributed by atoms with E-state index in [0.29, 0.717) is 35.3 Å². The molecule has 0 aliphatic carbocycles. The molecule has 1 unspecified atom stereocenters. The van der Waals surface area contributed by atoms with Gasteiger partial charge < -0.3 is 20.2 Å². The Hall–Kier alpha value is -3.01. The van der Waals surface area contributed by atoms with Gasteiger partial charge in [0, 0.05) is 56.2 Å². The number of hydrogen-bond acceptors (Lipinski definition) is 7. The molecule has 2 N–H and O–H groups in total. The van der Waals surface area contributed by atoms with E-state index in [1.165, 1.54) is 6.07 Å². The Bertz CT molecular complexity index is 1270. The first-order chi connectivity index (χ1) is 19.6. The second kappa shape index (κ2) is 13.5. The number of halogens is 1. The Labute approximate surface area is 251 Å². The smallest absolute Gasteiger partial charge is 0.237 e. The van der Waals surface area contributed by atoms with Gasteiger partial charge in [-0.2, -0.15) is 0 Å². The molecule has 8 nitrogen and oxygen atoms in total. The van der Waals surface area contributed by atoms with E-state index in [0.717, 1.165) is 31.2 Å². The lowest BCUT2D eigenvalue weighted by Gasteiger charge is -2.47. The van der Waals surface area contributed by atoms with Crippen LogP contribution in [0.2, 0.25) is 0 Å². The summed E-state index contributed by atoms with van der Waals surface area (Å²) >= 11 is 0. The highest BCUT2D eigenvalue weighted by atomic mass is 19.1. The molecule has 226 valence electrons. The second-order valence-corrected chi connectivity index (χ2v) is 13.1. The van der Waals surface area contributed by atoms with Crippen molar-refractivity contribution in [3.63, 3.8) is 0 Å². The first-order valence-electron chi connectivity index (χ1n) is 14.5. The van der Waals surface area contributed by atoms with Crippen LogP contribution in [-0.4, -0.2) is 88.4 Å². The summed E-state index contributed by atoms with van der Waals surface area (Å²) in [6.45, 7) is 10.8. The SMILES string of the molecule is BC(B)(Nc1cccc(C=O)c1CN(C)C(CCC=O)C(=O)NC)c1cc(CN2CC(C)(C)OC(C)(C)C2)ccc1F. The van der Waals surface area contributed by atoms with E-state index in [2.05, 4.69) is 43.2 Å². The van der Waals surface area contributed by atoms with Crippen molar-refractivity contribution in [2.24, 2.45) is 0 Å². The van der Waals surface area contributed by atoms with E-state index in [1.54, 1.807) is 26.2 Å². The zero-order valence-electron chi connectivity index (χ0n) is 26.3. The van der Waals surface area contributed by atoms with Crippen LogP contribution >= 0.6 is 0 Å². The zero-order valence-corrected chi connectivity index (χ0v) is 26.3. The first kappa shape index (κ1) is 33.5. The lowest BCUT2D eigenvalue weighted by molar-refractivity contribution is -0.182. The third kappa shape index (κ3) is 8.52. The van der Waals surface area contributed by atoms with Crippen molar-refractivity contribution in [2.45, 2.75) is 76.2 Å². The topological polar surface area (TPSA) is 91.0 Å². The van der Waals surface area contributed by atoms with Gasteiger partial charge in [-0.25, -0.2) is 4.39 Å². The molecule has 1 atom stereocenters. The molecule has 11 heteroatoms. The maximum atomic E-state index is 15.4. The third-order valence-electron chi connectivity index (χ3n) is 7.70. The minimum Gasteiger partial charge on any atom is -0.391 e. The first-order valence-corrected chi connectivity index (χ1v) is 14.5. The van der Waals surface area contributed by atoms with Crippen LogP contribution in [-0.2, 0) is 32.8 Å². The molecule has 0 spiro atoms. The van der Waals surface area contributed by atoms with Gasteiger partial charge in [-0.15, -0.1) is 0 Å². The molecule has 0 aromatic heterocycles. The molecule has 2 aromatic carbocycles. The number of nitrogens with one attached hydrogen (secondary N) is 2. The number of carbonyl (C=O) groups excluding carboxylic acids is 3. The summed E-state index contributed by atoms with van der Waals surface area (Å²) in [6, 6.07) is 10.1. The maximum Gasteiger partial charge on any atom is 0.237 e. The molecular formula is C31H45B2FN4O4. The van der Waals surface area contributed by atoms with Crippen LogP contribution in [0.3, 0.4) is 0 Å². The molecule has 2 aromatic rings. The Balaban J connectivity index is 1.90. The minimum atomic E-state index is -0.837. The van der Waals surface area contributed by atoms with Crippen LogP contribution in [0.5, 0.6) is 0 Å². The summed E-state index contributed by atoms with van der Waals surface area (Å²) in [5.41, 5.74) is 2.77. The Morgan fingerprint density at radius 3 is 2.43 bits per heavy atom. The predicted octanol–water partition coefficient (Wildman–Crippen LogP) is 2.04. The van der Waals surface area contributed by atoms with E-state index >= 15 is 4.39 Å². The van der Waals surface area contributed by atoms with E-state index < -0.39 is 11.4 Å². The van der Waals surface area contributed by atoms with E-state index in [1.807, 2.05) is 38.8 Å². The Morgan fingerprint density at radius 1 is 1.17 bits per heavy atom. The number of aldehydes is 2. The highest BCUT2D eigenvalue weighted by Crippen LogP contribution is 2.31. The summed E-state index contributed by atoms with van der Waals surface area (Å²) in [5.74, 6) is -0.527. The van der Waals surface area contributed by atoms with Gasteiger partial charge in [0.1, 0.15) is 34.1 Å². The van der Waals surface area contributed by atoms with Gasteiger partial charge in [-0.05, 0) is 70.0 Å². The van der Waals surface area contributed by atoms with Gasteiger partial charge in [0.05, 0.1) is 17.2 Å². The van der Waals surface area contributed by atoms with Crippen LogP contribution in [0.25, 0.3) is 0 Å². The monoisotopic (exact) mass is 578 g/mol. The average Bonchev–Trinajstić information content (AvgIpc) is 2.88. The summed E-state index contributed by atoms with van der Waals surface area (Å²) in [5, 5.41) is 5.31. The van der Waals surface area contributed by atoms with Crippen LogP contribution in [0.1, 0.15) is 67.6 Å². The van der Waals surface area contributed by atoms with Crippen molar-refractivity contribution < 1.29 is 23.5 Å². The number of anilines is 1.